The number of nitrogens with zero attached hydrogens (tertiary/aromatic N) is 6. The first-order valence-electron chi connectivity index (χ1n) is 10.7. The van der Waals surface area contributed by atoms with Gasteiger partial charge in [0.15, 0.2) is 11.6 Å². The summed E-state index contributed by atoms with van der Waals surface area (Å²) in [7, 11) is 0. The summed E-state index contributed by atoms with van der Waals surface area (Å²) in [6.07, 6.45) is 6.92. The molecule has 0 fully saturated rings. The van der Waals surface area contributed by atoms with E-state index in [4.69, 9.17) is 0 Å². The Morgan fingerprint density at radius 3 is 1.74 bits per heavy atom. The van der Waals surface area contributed by atoms with Crippen molar-refractivity contribution in [3.63, 3.8) is 0 Å². The van der Waals surface area contributed by atoms with Crippen molar-refractivity contribution in [1.29, 1.82) is 0 Å². The molecule has 0 spiro atoms. The molecule has 4 rings (SSSR count). The van der Waals surface area contributed by atoms with Crippen molar-refractivity contribution < 1.29 is 0 Å². The van der Waals surface area contributed by atoms with E-state index in [9.17, 15) is 0 Å². The Labute approximate surface area is 198 Å². The van der Waals surface area contributed by atoms with Crippen LogP contribution in [0.2, 0.25) is 0 Å². The standard InChI is InChI=1S/C25H25N9/c1-17-5-4-6-22(15-17)28-25-29-23(33-31-18(2)20-7-11-26-12-8-20)16-24(30-25)34-32-19(3)21-9-13-27-14-10-21/h4-16H,1-3H3,(H3,28,29,30,33,34). The topological polar surface area (TPSA) is 112 Å². The van der Waals surface area contributed by atoms with Crippen LogP contribution in [0.15, 0.2) is 89.6 Å². The molecule has 170 valence electrons. The molecular weight excluding hydrogens is 426 g/mol. The Balaban J connectivity index is 1.60. The zero-order valence-electron chi connectivity index (χ0n) is 19.2. The van der Waals surface area contributed by atoms with E-state index in [1.807, 2.05) is 69.3 Å². The summed E-state index contributed by atoms with van der Waals surface area (Å²) in [5.74, 6) is 1.43. The molecule has 3 aromatic heterocycles. The maximum Gasteiger partial charge on any atom is 0.231 e. The summed E-state index contributed by atoms with van der Waals surface area (Å²) < 4.78 is 0. The van der Waals surface area contributed by atoms with Crippen LogP contribution in [0.5, 0.6) is 0 Å². The molecule has 3 heterocycles. The number of rotatable bonds is 8. The highest BCUT2D eigenvalue weighted by Crippen LogP contribution is 2.19. The van der Waals surface area contributed by atoms with Crippen LogP contribution in [-0.2, 0) is 0 Å². The van der Waals surface area contributed by atoms with Gasteiger partial charge in [-0.15, -0.1) is 0 Å². The van der Waals surface area contributed by atoms with Gasteiger partial charge in [-0.25, -0.2) is 0 Å². The largest absolute Gasteiger partial charge is 0.324 e. The molecule has 0 radical (unpaired) electrons. The van der Waals surface area contributed by atoms with E-state index in [1.54, 1.807) is 30.9 Å². The van der Waals surface area contributed by atoms with Gasteiger partial charge in [-0.2, -0.15) is 20.2 Å². The van der Waals surface area contributed by atoms with Crippen LogP contribution < -0.4 is 16.2 Å². The van der Waals surface area contributed by atoms with Crippen LogP contribution in [-0.4, -0.2) is 31.4 Å². The second-order valence-electron chi connectivity index (χ2n) is 7.55. The summed E-state index contributed by atoms with van der Waals surface area (Å²) >= 11 is 0. The molecule has 34 heavy (non-hydrogen) atoms. The second-order valence-corrected chi connectivity index (χ2v) is 7.55. The lowest BCUT2D eigenvalue weighted by Gasteiger charge is -2.11. The van der Waals surface area contributed by atoms with Gasteiger partial charge in [0.2, 0.25) is 5.95 Å². The number of aromatic nitrogens is 4. The number of hydrogen-bond donors (Lipinski definition) is 3. The molecule has 3 N–H and O–H groups in total. The molecule has 0 atom stereocenters. The van der Waals surface area contributed by atoms with Gasteiger partial charge in [0, 0.05) is 47.7 Å². The molecule has 9 heteroatoms. The van der Waals surface area contributed by atoms with Crippen LogP contribution in [0.3, 0.4) is 0 Å². The lowest BCUT2D eigenvalue weighted by molar-refractivity contribution is 1.12. The summed E-state index contributed by atoms with van der Waals surface area (Å²) in [5, 5.41) is 12.2. The van der Waals surface area contributed by atoms with E-state index in [1.165, 1.54) is 0 Å². The highest BCUT2D eigenvalue weighted by atomic mass is 15.4. The van der Waals surface area contributed by atoms with Crippen LogP contribution >= 0.6 is 0 Å². The van der Waals surface area contributed by atoms with Gasteiger partial charge in [-0.1, -0.05) is 12.1 Å². The Bertz CT molecular complexity index is 1230. The number of nitrogens with one attached hydrogen (secondary N) is 3. The minimum atomic E-state index is 0.409. The fourth-order valence-electron chi connectivity index (χ4n) is 3.07. The summed E-state index contributed by atoms with van der Waals surface area (Å²) in [4.78, 5) is 17.2. The lowest BCUT2D eigenvalue weighted by Crippen LogP contribution is -2.06. The molecule has 0 saturated carbocycles. The van der Waals surface area contributed by atoms with Crippen molar-refractivity contribution in [3.05, 3.63) is 96.1 Å². The van der Waals surface area contributed by atoms with Crippen molar-refractivity contribution in [2.45, 2.75) is 20.8 Å². The predicted molar refractivity (Wildman–Crippen MR) is 137 cm³/mol. The summed E-state index contributed by atoms with van der Waals surface area (Å²) in [5.41, 5.74) is 11.6. The molecule has 0 bridgehead atoms. The zero-order chi connectivity index (χ0) is 23.8. The number of hydrazone groups is 2. The summed E-state index contributed by atoms with van der Waals surface area (Å²) in [6.45, 7) is 5.86. The molecule has 0 saturated heterocycles. The number of benzene rings is 1. The van der Waals surface area contributed by atoms with Crippen LogP contribution in [0, 0.1) is 6.92 Å². The van der Waals surface area contributed by atoms with Crippen molar-refractivity contribution in [2.24, 2.45) is 10.2 Å². The Morgan fingerprint density at radius 2 is 1.24 bits per heavy atom. The first kappa shape index (κ1) is 22.5. The van der Waals surface area contributed by atoms with Crippen molar-refractivity contribution in [2.75, 3.05) is 16.2 Å². The minimum Gasteiger partial charge on any atom is -0.324 e. The monoisotopic (exact) mass is 451 g/mol. The number of hydrogen-bond acceptors (Lipinski definition) is 9. The van der Waals surface area contributed by atoms with Crippen molar-refractivity contribution in [1.82, 2.24) is 19.9 Å². The average Bonchev–Trinajstić information content (AvgIpc) is 2.87. The third-order valence-electron chi connectivity index (χ3n) is 4.87. The van der Waals surface area contributed by atoms with Gasteiger partial charge < -0.3 is 5.32 Å². The fraction of sp³-hybridized carbons (Fsp3) is 0.120. The molecule has 1 aromatic carbocycles. The molecule has 0 unspecified atom stereocenters. The molecular formula is C25H25N9. The Hall–Kier alpha value is -4.66. The van der Waals surface area contributed by atoms with E-state index in [0.29, 0.717) is 17.6 Å². The average molecular weight is 452 g/mol. The fourth-order valence-corrected chi connectivity index (χ4v) is 3.07. The van der Waals surface area contributed by atoms with Gasteiger partial charge in [-0.3, -0.25) is 20.8 Å². The molecule has 9 nitrogen and oxygen atoms in total. The predicted octanol–water partition coefficient (Wildman–Crippen LogP) is 4.99. The molecule has 0 amide bonds. The smallest absolute Gasteiger partial charge is 0.231 e. The van der Waals surface area contributed by atoms with Gasteiger partial charge in [0.1, 0.15) is 0 Å². The first-order valence-corrected chi connectivity index (χ1v) is 10.7. The van der Waals surface area contributed by atoms with E-state index >= 15 is 0 Å². The highest BCUT2D eigenvalue weighted by molar-refractivity contribution is 5.99. The highest BCUT2D eigenvalue weighted by Gasteiger charge is 2.07. The maximum atomic E-state index is 4.56. The molecule has 0 aliphatic heterocycles. The van der Waals surface area contributed by atoms with E-state index in [0.717, 1.165) is 33.8 Å². The molecule has 0 aliphatic rings. The quantitative estimate of drug-likeness (QED) is 0.255. The Morgan fingerprint density at radius 1 is 0.706 bits per heavy atom. The molecule has 0 aliphatic carbocycles. The second kappa shape index (κ2) is 10.8. The lowest BCUT2D eigenvalue weighted by atomic mass is 10.2. The maximum absolute atomic E-state index is 4.56. The normalized spacial score (nSPS) is 11.7. The zero-order valence-corrected chi connectivity index (χ0v) is 19.2. The van der Waals surface area contributed by atoms with Crippen LogP contribution in [0.1, 0.15) is 30.5 Å². The number of pyridine rings is 2. The minimum absolute atomic E-state index is 0.409. The van der Waals surface area contributed by atoms with Crippen LogP contribution in [0.4, 0.5) is 23.3 Å². The van der Waals surface area contributed by atoms with E-state index in [2.05, 4.69) is 46.3 Å². The third kappa shape index (κ3) is 6.19. The van der Waals surface area contributed by atoms with Crippen molar-refractivity contribution >= 4 is 34.7 Å². The van der Waals surface area contributed by atoms with Gasteiger partial charge in [0.25, 0.3) is 0 Å². The third-order valence-corrected chi connectivity index (χ3v) is 4.87. The number of aryl methyl sites for hydroxylation is 1. The van der Waals surface area contributed by atoms with Gasteiger partial charge in [-0.05, 0) is 62.7 Å². The molecule has 4 aromatic rings. The van der Waals surface area contributed by atoms with Crippen molar-refractivity contribution in [3.8, 4) is 0 Å². The Kier molecular flexibility index (Phi) is 7.14. The van der Waals surface area contributed by atoms with Gasteiger partial charge >= 0.3 is 0 Å². The van der Waals surface area contributed by atoms with Crippen LogP contribution in [0.25, 0.3) is 0 Å². The van der Waals surface area contributed by atoms with E-state index in [-0.39, 0.29) is 0 Å². The SMILES string of the molecule is CC(=NNc1cc(NN=C(C)c2ccncc2)nc(Nc2cccc(C)c2)n1)c1ccncc1. The van der Waals surface area contributed by atoms with E-state index < -0.39 is 0 Å². The number of anilines is 4. The van der Waals surface area contributed by atoms with Gasteiger partial charge in [0.05, 0.1) is 11.4 Å². The summed E-state index contributed by atoms with van der Waals surface area (Å²) in [6, 6.07) is 17.3. The first-order chi connectivity index (χ1) is 16.6.